The highest BCUT2D eigenvalue weighted by Crippen LogP contribution is 2.38. The lowest BCUT2D eigenvalue weighted by Gasteiger charge is -2.08. The van der Waals surface area contributed by atoms with Crippen LogP contribution in [0.2, 0.25) is 5.02 Å². The quantitative estimate of drug-likeness (QED) is 0.486. The van der Waals surface area contributed by atoms with Crippen LogP contribution in [0.5, 0.6) is 0 Å². The van der Waals surface area contributed by atoms with Crippen molar-refractivity contribution < 1.29 is 19.7 Å². The van der Waals surface area contributed by atoms with E-state index < -0.39 is 26.2 Å². The van der Waals surface area contributed by atoms with Gasteiger partial charge in [-0.2, -0.15) is 0 Å². The van der Waals surface area contributed by atoms with Crippen LogP contribution in [0.3, 0.4) is 0 Å². The predicted octanol–water partition coefficient (Wildman–Crippen LogP) is 1.97. The highest BCUT2D eigenvalue weighted by atomic mass is 35.5. The first-order chi connectivity index (χ1) is 8.90. The van der Waals surface area contributed by atoms with E-state index in [1.54, 1.807) is 0 Å². The van der Waals surface area contributed by atoms with Crippen LogP contribution >= 0.6 is 11.6 Å². The average molecular weight is 291 g/mol. The molecule has 0 amide bonds. The Morgan fingerprint density at radius 3 is 2.47 bits per heavy atom. The van der Waals surface area contributed by atoms with Gasteiger partial charge in [0.15, 0.2) is 5.02 Å². The van der Waals surface area contributed by atoms with E-state index in [2.05, 4.69) is 0 Å². The number of halogens is 1. The van der Waals surface area contributed by atoms with Crippen molar-refractivity contribution in [1.29, 1.82) is 0 Å². The van der Waals surface area contributed by atoms with Crippen molar-refractivity contribution in [2.75, 3.05) is 13.2 Å². The van der Waals surface area contributed by atoms with Crippen LogP contribution in [-0.4, -0.2) is 28.2 Å². The maximum Gasteiger partial charge on any atom is 0.298 e. The lowest BCUT2D eigenvalue weighted by Crippen LogP contribution is -2.05. The molecule has 0 aliphatic carbocycles. The molecule has 104 valence electrons. The zero-order chi connectivity index (χ0) is 14.6. The number of nitrogens with zero attached hydrogens (tertiary/aromatic N) is 2. The summed E-state index contributed by atoms with van der Waals surface area (Å²) in [5, 5.41) is 29.8. The van der Waals surface area contributed by atoms with Gasteiger partial charge in [-0.25, -0.2) is 0 Å². The van der Waals surface area contributed by atoms with E-state index in [0.29, 0.717) is 0 Å². The molecule has 0 saturated carbocycles. The van der Waals surface area contributed by atoms with Gasteiger partial charge in [0.1, 0.15) is 0 Å². The standard InChI is InChI=1S/C10H11ClN2O6/c1-6-7(5-19-3-2-14)4-8(12(15)16)9(11)10(6)13(17)18/h4,14H,2-3,5H2,1H3. The molecule has 0 fully saturated rings. The molecular weight excluding hydrogens is 280 g/mol. The van der Waals surface area contributed by atoms with Gasteiger partial charge in [-0.3, -0.25) is 20.2 Å². The van der Waals surface area contributed by atoms with E-state index >= 15 is 0 Å². The van der Waals surface area contributed by atoms with Gasteiger partial charge in [0.25, 0.3) is 11.4 Å². The van der Waals surface area contributed by atoms with Crippen LogP contribution in [0.15, 0.2) is 6.07 Å². The normalized spacial score (nSPS) is 10.5. The summed E-state index contributed by atoms with van der Waals surface area (Å²) in [6.45, 7) is 1.18. The van der Waals surface area contributed by atoms with Crippen LogP contribution in [0.1, 0.15) is 11.1 Å². The summed E-state index contributed by atoms with van der Waals surface area (Å²) in [6, 6.07) is 1.14. The number of aliphatic hydroxyl groups is 1. The minimum atomic E-state index is -0.787. The first kappa shape index (κ1) is 15.3. The second-order valence-electron chi connectivity index (χ2n) is 3.63. The summed E-state index contributed by atoms with van der Waals surface area (Å²) >= 11 is 5.67. The summed E-state index contributed by atoms with van der Waals surface area (Å²) < 4.78 is 5.02. The fraction of sp³-hybridized carbons (Fsp3) is 0.400. The number of rotatable bonds is 6. The summed E-state index contributed by atoms with van der Waals surface area (Å²) in [6.07, 6.45) is 0. The zero-order valence-corrected chi connectivity index (χ0v) is 10.7. The molecule has 0 atom stereocenters. The number of aliphatic hydroxyl groups excluding tert-OH is 1. The lowest BCUT2D eigenvalue weighted by molar-refractivity contribution is -0.394. The number of benzene rings is 1. The Morgan fingerprint density at radius 2 is 2.00 bits per heavy atom. The summed E-state index contributed by atoms with van der Waals surface area (Å²) in [5.74, 6) is 0. The van der Waals surface area contributed by atoms with Gasteiger partial charge in [0.2, 0.25) is 0 Å². The molecule has 1 rings (SSSR count). The van der Waals surface area contributed by atoms with Crippen LogP contribution in [-0.2, 0) is 11.3 Å². The molecule has 9 heteroatoms. The van der Waals surface area contributed by atoms with Gasteiger partial charge in [-0.05, 0) is 12.5 Å². The van der Waals surface area contributed by atoms with Crippen LogP contribution < -0.4 is 0 Å². The van der Waals surface area contributed by atoms with Crippen molar-refractivity contribution in [3.63, 3.8) is 0 Å². The monoisotopic (exact) mass is 290 g/mol. The molecule has 0 heterocycles. The van der Waals surface area contributed by atoms with Crippen molar-refractivity contribution in [2.45, 2.75) is 13.5 Å². The molecule has 1 aromatic rings. The molecule has 8 nitrogen and oxygen atoms in total. The second kappa shape index (κ2) is 6.41. The van der Waals surface area contributed by atoms with E-state index in [0.717, 1.165) is 6.07 Å². The number of nitro benzene ring substituents is 2. The summed E-state index contributed by atoms with van der Waals surface area (Å²) in [7, 11) is 0. The Hall–Kier alpha value is -1.77. The molecule has 1 aromatic carbocycles. The Kier molecular flexibility index (Phi) is 5.16. The molecule has 0 radical (unpaired) electrons. The topological polar surface area (TPSA) is 116 Å². The van der Waals surface area contributed by atoms with E-state index in [1.165, 1.54) is 6.92 Å². The Bertz CT molecular complexity index is 519. The SMILES string of the molecule is Cc1c(COCCO)cc([N+](=O)[O-])c(Cl)c1[N+](=O)[O-]. The number of hydrogen-bond acceptors (Lipinski definition) is 6. The third-order valence-corrected chi connectivity index (χ3v) is 2.83. The second-order valence-corrected chi connectivity index (χ2v) is 4.01. The van der Waals surface area contributed by atoms with Crippen molar-refractivity contribution in [2.24, 2.45) is 0 Å². The van der Waals surface area contributed by atoms with Gasteiger partial charge >= 0.3 is 0 Å². The van der Waals surface area contributed by atoms with Gasteiger partial charge in [-0.1, -0.05) is 11.6 Å². The molecule has 0 aliphatic heterocycles. The summed E-state index contributed by atoms with van der Waals surface area (Å²) in [4.78, 5) is 20.2. The molecule has 0 spiro atoms. The van der Waals surface area contributed by atoms with Crippen molar-refractivity contribution >= 4 is 23.0 Å². The molecule has 1 N–H and O–H groups in total. The number of hydrogen-bond donors (Lipinski definition) is 1. The molecule has 0 aliphatic rings. The van der Waals surface area contributed by atoms with Gasteiger partial charge in [0, 0.05) is 11.6 Å². The molecule has 0 aromatic heterocycles. The van der Waals surface area contributed by atoms with Crippen LogP contribution in [0.25, 0.3) is 0 Å². The lowest BCUT2D eigenvalue weighted by atomic mass is 10.1. The first-order valence-electron chi connectivity index (χ1n) is 5.19. The fourth-order valence-electron chi connectivity index (χ4n) is 1.52. The fourth-order valence-corrected chi connectivity index (χ4v) is 1.86. The van der Waals surface area contributed by atoms with Gasteiger partial charge < -0.3 is 9.84 Å². The third kappa shape index (κ3) is 3.37. The number of ether oxygens (including phenoxy) is 1. The van der Waals surface area contributed by atoms with Crippen LogP contribution in [0.4, 0.5) is 11.4 Å². The highest BCUT2D eigenvalue weighted by Gasteiger charge is 2.28. The Balaban J connectivity index is 3.31. The first-order valence-corrected chi connectivity index (χ1v) is 5.57. The van der Waals surface area contributed by atoms with E-state index in [-0.39, 0.29) is 30.9 Å². The Morgan fingerprint density at radius 1 is 1.37 bits per heavy atom. The maximum absolute atomic E-state index is 10.9. The van der Waals surface area contributed by atoms with Crippen molar-refractivity contribution in [1.82, 2.24) is 0 Å². The average Bonchev–Trinajstić information content (AvgIpc) is 2.31. The van der Waals surface area contributed by atoms with Crippen molar-refractivity contribution in [3.8, 4) is 0 Å². The summed E-state index contributed by atoms with van der Waals surface area (Å²) in [5.41, 5.74) is -0.546. The van der Waals surface area contributed by atoms with E-state index in [1.807, 2.05) is 0 Å². The predicted molar refractivity (Wildman–Crippen MR) is 66.2 cm³/mol. The van der Waals surface area contributed by atoms with Gasteiger partial charge in [-0.15, -0.1) is 0 Å². The molecule has 19 heavy (non-hydrogen) atoms. The smallest absolute Gasteiger partial charge is 0.298 e. The minimum Gasteiger partial charge on any atom is -0.394 e. The zero-order valence-electron chi connectivity index (χ0n) is 9.96. The van der Waals surface area contributed by atoms with Crippen molar-refractivity contribution in [3.05, 3.63) is 42.4 Å². The third-order valence-electron chi connectivity index (χ3n) is 2.45. The molecule has 0 saturated heterocycles. The molecule has 0 bridgehead atoms. The van der Waals surface area contributed by atoms with E-state index in [9.17, 15) is 20.2 Å². The maximum atomic E-state index is 10.9. The minimum absolute atomic E-state index is 0.0314. The Labute approximate surface area is 112 Å². The van der Waals surface area contributed by atoms with Gasteiger partial charge in [0.05, 0.1) is 29.7 Å². The largest absolute Gasteiger partial charge is 0.394 e. The molecule has 0 unspecified atom stereocenters. The van der Waals surface area contributed by atoms with E-state index in [4.69, 9.17) is 21.4 Å². The molecular formula is C10H11ClN2O6. The highest BCUT2D eigenvalue weighted by molar-refractivity contribution is 6.35. The van der Waals surface area contributed by atoms with Crippen LogP contribution in [0, 0.1) is 27.2 Å². The number of nitro groups is 2.